The highest BCUT2D eigenvalue weighted by Gasteiger charge is 2.51. The molecule has 0 aromatic heterocycles. The van der Waals surface area contributed by atoms with Gasteiger partial charge < -0.3 is 14.4 Å². The molecule has 7 heteroatoms. The molecule has 30 heavy (non-hydrogen) atoms. The Balaban J connectivity index is 1.47. The Labute approximate surface area is 174 Å². The lowest BCUT2D eigenvalue weighted by atomic mass is 9.90. The van der Waals surface area contributed by atoms with Crippen molar-refractivity contribution in [2.45, 2.75) is 44.6 Å². The van der Waals surface area contributed by atoms with Crippen LogP contribution in [-0.2, 0) is 0 Å². The number of hydrazone groups is 1. The zero-order valence-electron chi connectivity index (χ0n) is 16.9. The van der Waals surface area contributed by atoms with Gasteiger partial charge in [0.05, 0.1) is 11.8 Å². The summed E-state index contributed by atoms with van der Waals surface area (Å²) in [6.45, 7) is 2.36. The molecule has 3 heterocycles. The zero-order valence-corrected chi connectivity index (χ0v) is 16.9. The van der Waals surface area contributed by atoms with Gasteiger partial charge in [0.15, 0.2) is 0 Å². The van der Waals surface area contributed by atoms with Crippen LogP contribution >= 0.6 is 0 Å². The highest BCUT2D eigenvalue weighted by Crippen LogP contribution is 2.49. The van der Waals surface area contributed by atoms with Gasteiger partial charge in [-0.1, -0.05) is 25.1 Å². The second-order valence-corrected chi connectivity index (χ2v) is 8.03. The van der Waals surface area contributed by atoms with Crippen LogP contribution in [0.25, 0.3) is 0 Å². The maximum absolute atomic E-state index is 12.4. The van der Waals surface area contributed by atoms with E-state index in [-0.39, 0.29) is 11.8 Å². The van der Waals surface area contributed by atoms with Gasteiger partial charge >= 0.3 is 6.61 Å². The number of piperidine rings is 1. The summed E-state index contributed by atoms with van der Waals surface area (Å²) in [6, 6.07) is 15.1. The second-order valence-electron chi connectivity index (χ2n) is 8.03. The molecule has 0 N–H and O–H groups in total. The zero-order chi connectivity index (χ0) is 20.7. The fraction of sp³-hybridized carbons (Fsp3) is 0.435. The number of rotatable bonds is 4. The molecule has 5 rings (SSSR count). The van der Waals surface area contributed by atoms with E-state index in [1.54, 1.807) is 24.3 Å². The van der Waals surface area contributed by atoms with Crippen molar-refractivity contribution in [3.63, 3.8) is 0 Å². The van der Waals surface area contributed by atoms with Crippen LogP contribution in [0.4, 0.5) is 8.78 Å². The number of ether oxygens (including phenoxy) is 2. The third kappa shape index (κ3) is 3.31. The summed E-state index contributed by atoms with van der Waals surface area (Å²) >= 11 is 0. The predicted molar refractivity (Wildman–Crippen MR) is 110 cm³/mol. The van der Waals surface area contributed by atoms with E-state index in [0.717, 1.165) is 61.5 Å². The SMILES string of the molecule is CCN1CCC2(CC1)Oc1ccccc1[C@H]1CC(c3ccc(OC(F)F)cc3)=NN12. The van der Waals surface area contributed by atoms with Crippen molar-refractivity contribution < 1.29 is 18.3 Å². The molecule has 0 bridgehead atoms. The van der Waals surface area contributed by atoms with E-state index in [4.69, 9.17) is 9.84 Å². The Morgan fingerprint density at radius 1 is 1.13 bits per heavy atom. The molecule has 0 radical (unpaired) electrons. The van der Waals surface area contributed by atoms with Gasteiger partial charge in [-0.2, -0.15) is 13.9 Å². The second kappa shape index (κ2) is 7.54. The van der Waals surface area contributed by atoms with Crippen molar-refractivity contribution in [3.8, 4) is 11.5 Å². The maximum atomic E-state index is 12.4. The van der Waals surface area contributed by atoms with E-state index >= 15 is 0 Å². The molecule has 3 aliphatic rings. The number of halogens is 2. The van der Waals surface area contributed by atoms with Crippen LogP contribution in [0.2, 0.25) is 0 Å². The van der Waals surface area contributed by atoms with Crippen molar-refractivity contribution in [2.24, 2.45) is 5.10 Å². The van der Waals surface area contributed by atoms with E-state index in [1.165, 1.54) is 0 Å². The molecule has 1 fully saturated rings. The standard InChI is InChI=1S/C23H25F2N3O2/c1-2-27-13-11-23(12-14-27)28-20(18-5-3-4-6-21(18)30-23)15-19(26-28)16-7-9-17(10-8-16)29-22(24)25/h3-10,20,22H,2,11-15H2,1H3/t20-/m1/s1. The molecule has 1 saturated heterocycles. The predicted octanol–water partition coefficient (Wildman–Crippen LogP) is 4.64. The normalized spacial score (nSPS) is 22.5. The average Bonchev–Trinajstić information content (AvgIpc) is 3.21. The van der Waals surface area contributed by atoms with Crippen molar-refractivity contribution in [1.29, 1.82) is 0 Å². The first kappa shape index (κ1) is 19.3. The molecule has 2 aromatic carbocycles. The number of alkyl halides is 2. The monoisotopic (exact) mass is 413 g/mol. The molecule has 1 spiro atoms. The Hall–Kier alpha value is -2.67. The van der Waals surface area contributed by atoms with Gasteiger partial charge in [0.25, 0.3) is 0 Å². The molecular weight excluding hydrogens is 388 g/mol. The molecular formula is C23H25F2N3O2. The van der Waals surface area contributed by atoms with Crippen LogP contribution in [0, 0.1) is 0 Å². The fourth-order valence-electron chi connectivity index (χ4n) is 4.78. The molecule has 0 amide bonds. The van der Waals surface area contributed by atoms with Crippen molar-refractivity contribution in [3.05, 3.63) is 59.7 Å². The van der Waals surface area contributed by atoms with Crippen molar-refractivity contribution in [1.82, 2.24) is 9.91 Å². The van der Waals surface area contributed by atoms with E-state index < -0.39 is 12.3 Å². The lowest BCUT2D eigenvalue weighted by Gasteiger charge is -2.51. The largest absolute Gasteiger partial charge is 0.466 e. The fourth-order valence-corrected chi connectivity index (χ4v) is 4.78. The minimum Gasteiger partial charge on any atom is -0.466 e. The summed E-state index contributed by atoms with van der Waals surface area (Å²) in [5.41, 5.74) is 2.58. The van der Waals surface area contributed by atoms with Crippen LogP contribution in [0.5, 0.6) is 11.5 Å². The minimum atomic E-state index is -2.82. The first-order chi connectivity index (χ1) is 14.6. The molecule has 0 unspecified atom stereocenters. The molecule has 3 aliphatic heterocycles. The van der Waals surface area contributed by atoms with Gasteiger partial charge in [-0.25, -0.2) is 5.01 Å². The number of para-hydroxylation sites is 1. The van der Waals surface area contributed by atoms with Crippen LogP contribution in [0.15, 0.2) is 53.6 Å². The van der Waals surface area contributed by atoms with Crippen molar-refractivity contribution >= 4 is 5.71 Å². The number of nitrogens with zero attached hydrogens (tertiary/aromatic N) is 3. The summed E-state index contributed by atoms with van der Waals surface area (Å²) in [5, 5.41) is 7.18. The number of hydrogen-bond donors (Lipinski definition) is 0. The Bertz CT molecular complexity index is 940. The van der Waals surface area contributed by atoms with Crippen molar-refractivity contribution in [2.75, 3.05) is 19.6 Å². The molecule has 2 aromatic rings. The molecule has 0 saturated carbocycles. The van der Waals surface area contributed by atoms with E-state index in [9.17, 15) is 8.78 Å². The molecule has 158 valence electrons. The number of benzene rings is 2. The third-order valence-corrected chi connectivity index (χ3v) is 6.40. The van der Waals surface area contributed by atoms with E-state index in [0.29, 0.717) is 0 Å². The summed E-state index contributed by atoms with van der Waals surface area (Å²) in [7, 11) is 0. The van der Waals surface area contributed by atoms with Crippen LogP contribution in [0.3, 0.4) is 0 Å². The van der Waals surface area contributed by atoms with Gasteiger partial charge in [-0.3, -0.25) is 0 Å². The summed E-state index contributed by atoms with van der Waals surface area (Å²) in [6.07, 6.45) is 2.54. The first-order valence-electron chi connectivity index (χ1n) is 10.5. The quantitative estimate of drug-likeness (QED) is 0.732. The van der Waals surface area contributed by atoms with Crippen LogP contribution in [0.1, 0.15) is 43.4 Å². The minimum absolute atomic E-state index is 0.120. The number of hydrogen-bond acceptors (Lipinski definition) is 5. The van der Waals surface area contributed by atoms with Crippen LogP contribution in [-0.4, -0.2) is 47.6 Å². The lowest BCUT2D eigenvalue weighted by molar-refractivity contribution is -0.149. The highest BCUT2D eigenvalue weighted by molar-refractivity contribution is 6.02. The Morgan fingerprint density at radius 2 is 1.87 bits per heavy atom. The molecule has 0 aliphatic carbocycles. The Kier molecular flexibility index (Phi) is 4.85. The summed E-state index contributed by atoms with van der Waals surface area (Å²) in [4.78, 5) is 2.44. The van der Waals surface area contributed by atoms with E-state index in [2.05, 4.69) is 33.7 Å². The van der Waals surface area contributed by atoms with Gasteiger partial charge in [-0.15, -0.1) is 0 Å². The van der Waals surface area contributed by atoms with Crippen LogP contribution < -0.4 is 9.47 Å². The maximum Gasteiger partial charge on any atom is 0.387 e. The smallest absolute Gasteiger partial charge is 0.387 e. The van der Waals surface area contributed by atoms with Gasteiger partial charge in [0.2, 0.25) is 5.72 Å². The average molecular weight is 413 g/mol. The number of likely N-dealkylation sites (tertiary alicyclic amines) is 1. The topological polar surface area (TPSA) is 37.3 Å². The first-order valence-corrected chi connectivity index (χ1v) is 10.5. The lowest BCUT2D eigenvalue weighted by Crippen LogP contribution is -2.59. The molecule has 1 atom stereocenters. The third-order valence-electron chi connectivity index (χ3n) is 6.40. The van der Waals surface area contributed by atoms with Gasteiger partial charge in [0.1, 0.15) is 11.5 Å². The van der Waals surface area contributed by atoms with E-state index in [1.807, 2.05) is 12.1 Å². The van der Waals surface area contributed by atoms with Gasteiger partial charge in [0, 0.05) is 37.9 Å². The number of fused-ring (bicyclic) bond motifs is 4. The highest BCUT2D eigenvalue weighted by atomic mass is 19.3. The Morgan fingerprint density at radius 3 is 2.57 bits per heavy atom. The summed E-state index contributed by atoms with van der Waals surface area (Å²) < 4.78 is 36.0. The molecule has 5 nitrogen and oxygen atoms in total. The summed E-state index contributed by atoms with van der Waals surface area (Å²) in [5.74, 6) is 1.10. The van der Waals surface area contributed by atoms with Gasteiger partial charge in [-0.05, 0) is 42.4 Å².